The van der Waals surface area contributed by atoms with E-state index >= 15 is 0 Å². The fourth-order valence-electron chi connectivity index (χ4n) is 4.84. The summed E-state index contributed by atoms with van der Waals surface area (Å²) in [5.41, 5.74) is 4.62. The van der Waals surface area contributed by atoms with Gasteiger partial charge in [0.1, 0.15) is 12.1 Å². The first-order valence-corrected chi connectivity index (χ1v) is 11.4. The molecule has 162 valence electrons. The average molecular weight is 461 g/mol. The molecule has 0 fully saturated rings. The third-order valence-corrected chi connectivity index (χ3v) is 6.68. The van der Waals surface area contributed by atoms with Crippen molar-refractivity contribution in [1.29, 1.82) is 0 Å². The summed E-state index contributed by atoms with van der Waals surface area (Å²) in [5.74, 6) is 1.78. The number of benzene rings is 4. The van der Waals surface area contributed by atoms with Crippen molar-refractivity contribution in [2.45, 2.75) is 5.92 Å². The Morgan fingerprint density at radius 3 is 2.47 bits per heavy atom. The molecule has 1 atom stereocenters. The van der Waals surface area contributed by atoms with Crippen LogP contribution in [0.1, 0.15) is 22.6 Å². The summed E-state index contributed by atoms with van der Waals surface area (Å²) in [6.45, 7) is 0. The molecular formula is C28H17ClN4O. The number of ether oxygens (including phenoxy) is 1. The topological polar surface area (TPSA) is 52.3 Å². The normalized spacial score (nSPS) is 14.6. The van der Waals surface area contributed by atoms with Crippen molar-refractivity contribution in [3.05, 3.63) is 119 Å². The minimum Gasteiger partial charge on any atom is -0.438 e. The van der Waals surface area contributed by atoms with Gasteiger partial charge >= 0.3 is 0 Å². The maximum Gasteiger partial charge on any atom is 0.228 e. The van der Waals surface area contributed by atoms with Gasteiger partial charge in [0.05, 0.1) is 10.6 Å². The number of nitrogens with zero attached hydrogens (tertiary/aromatic N) is 4. The van der Waals surface area contributed by atoms with E-state index in [9.17, 15) is 0 Å². The zero-order valence-corrected chi connectivity index (χ0v) is 18.6. The minimum atomic E-state index is -0.120. The van der Waals surface area contributed by atoms with Crippen molar-refractivity contribution < 1.29 is 4.74 Å². The lowest BCUT2D eigenvalue weighted by molar-refractivity contribution is 0.433. The van der Waals surface area contributed by atoms with E-state index < -0.39 is 0 Å². The molecule has 1 aliphatic rings. The summed E-state index contributed by atoms with van der Waals surface area (Å²) in [4.78, 5) is 9.57. The first-order chi connectivity index (χ1) is 16.8. The molecule has 0 aliphatic carbocycles. The standard InChI is InChI=1S/C28H17ClN4O/c29-21-13-7-6-12-20(21)26-31-27-25-23(18-9-2-1-3-10-18)24-19-11-5-4-8-17(19)14-15-22(24)34-28(25)30-16-33(27)32-26/h1-16,23H/t23-/m1/s1. The van der Waals surface area contributed by atoms with Crippen LogP contribution in [0.25, 0.3) is 27.8 Å². The van der Waals surface area contributed by atoms with Crippen LogP contribution in [-0.4, -0.2) is 19.6 Å². The van der Waals surface area contributed by atoms with E-state index in [0.717, 1.165) is 38.8 Å². The Labute approximate surface area is 200 Å². The molecule has 34 heavy (non-hydrogen) atoms. The van der Waals surface area contributed by atoms with Gasteiger partial charge in [-0.2, -0.15) is 0 Å². The lowest BCUT2D eigenvalue weighted by Crippen LogP contribution is -2.15. The maximum absolute atomic E-state index is 6.46. The molecule has 6 heteroatoms. The van der Waals surface area contributed by atoms with Crippen molar-refractivity contribution in [3.63, 3.8) is 0 Å². The van der Waals surface area contributed by atoms with Gasteiger partial charge in [-0.1, -0.05) is 84.4 Å². The van der Waals surface area contributed by atoms with E-state index in [1.54, 1.807) is 10.8 Å². The molecule has 5 nitrogen and oxygen atoms in total. The monoisotopic (exact) mass is 460 g/mol. The number of rotatable bonds is 2. The van der Waals surface area contributed by atoms with Gasteiger partial charge in [-0.05, 0) is 34.5 Å². The lowest BCUT2D eigenvalue weighted by Gasteiger charge is -2.29. The molecule has 7 rings (SSSR count). The molecule has 0 amide bonds. The molecule has 3 heterocycles. The summed E-state index contributed by atoms with van der Waals surface area (Å²) in [6.07, 6.45) is 1.65. The molecular weight excluding hydrogens is 444 g/mol. The highest BCUT2D eigenvalue weighted by molar-refractivity contribution is 6.33. The highest BCUT2D eigenvalue weighted by Gasteiger charge is 2.34. The summed E-state index contributed by atoms with van der Waals surface area (Å²) in [6, 6.07) is 30.5. The molecule has 0 N–H and O–H groups in total. The summed E-state index contributed by atoms with van der Waals surface area (Å²) in [7, 11) is 0. The van der Waals surface area contributed by atoms with Gasteiger partial charge in [0.15, 0.2) is 11.5 Å². The zero-order valence-electron chi connectivity index (χ0n) is 17.9. The Balaban J connectivity index is 1.55. The number of hydrogen-bond donors (Lipinski definition) is 0. The van der Waals surface area contributed by atoms with Crippen LogP contribution in [0.5, 0.6) is 11.6 Å². The van der Waals surface area contributed by atoms with Crippen LogP contribution in [0.3, 0.4) is 0 Å². The van der Waals surface area contributed by atoms with Crippen LogP contribution in [0, 0.1) is 0 Å². The van der Waals surface area contributed by atoms with Crippen LogP contribution in [0.15, 0.2) is 97.3 Å². The molecule has 0 spiro atoms. The first kappa shape index (κ1) is 19.3. The Morgan fingerprint density at radius 1 is 0.794 bits per heavy atom. The van der Waals surface area contributed by atoms with Crippen molar-refractivity contribution in [2.75, 3.05) is 0 Å². The number of aromatic nitrogens is 4. The van der Waals surface area contributed by atoms with E-state index in [1.165, 1.54) is 0 Å². The Bertz CT molecular complexity index is 1710. The molecule has 6 aromatic rings. The van der Waals surface area contributed by atoms with Gasteiger partial charge in [-0.25, -0.2) is 14.5 Å². The Hall–Kier alpha value is -4.22. The van der Waals surface area contributed by atoms with E-state index in [2.05, 4.69) is 59.6 Å². The van der Waals surface area contributed by atoms with Crippen LogP contribution in [0.4, 0.5) is 0 Å². The lowest BCUT2D eigenvalue weighted by atomic mass is 9.81. The molecule has 4 aromatic carbocycles. The molecule has 0 saturated heterocycles. The fourth-order valence-corrected chi connectivity index (χ4v) is 5.06. The second-order valence-electron chi connectivity index (χ2n) is 8.29. The molecule has 0 saturated carbocycles. The molecule has 1 aliphatic heterocycles. The van der Waals surface area contributed by atoms with Gasteiger partial charge in [0.25, 0.3) is 0 Å². The average Bonchev–Trinajstić information content (AvgIpc) is 3.32. The fraction of sp³-hybridized carbons (Fsp3) is 0.0357. The van der Waals surface area contributed by atoms with Gasteiger partial charge in [-0.15, -0.1) is 5.10 Å². The number of halogens is 1. The van der Waals surface area contributed by atoms with Gasteiger partial charge in [0.2, 0.25) is 5.88 Å². The largest absolute Gasteiger partial charge is 0.438 e. The second kappa shape index (κ2) is 7.40. The van der Waals surface area contributed by atoms with Crippen molar-refractivity contribution >= 4 is 28.0 Å². The third kappa shape index (κ3) is 2.84. The van der Waals surface area contributed by atoms with Crippen molar-refractivity contribution in [3.8, 4) is 23.0 Å². The van der Waals surface area contributed by atoms with Gasteiger partial charge < -0.3 is 4.74 Å². The summed E-state index contributed by atoms with van der Waals surface area (Å²) >= 11 is 6.46. The zero-order chi connectivity index (χ0) is 22.6. The summed E-state index contributed by atoms with van der Waals surface area (Å²) in [5, 5.41) is 7.61. The maximum atomic E-state index is 6.46. The highest BCUT2D eigenvalue weighted by atomic mass is 35.5. The van der Waals surface area contributed by atoms with Crippen molar-refractivity contribution in [2.24, 2.45) is 0 Å². The van der Waals surface area contributed by atoms with E-state index in [4.69, 9.17) is 26.4 Å². The van der Waals surface area contributed by atoms with Crippen LogP contribution in [-0.2, 0) is 0 Å². The number of fused-ring (bicyclic) bond motifs is 6. The summed E-state index contributed by atoms with van der Waals surface area (Å²) < 4.78 is 8.08. The predicted octanol–water partition coefficient (Wildman–Crippen LogP) is 6.88. The molecule has 0 bridgehead atoms. The van der Waals surface area contributed by atoms with Crippen LogP contribution < -0.4 is 4.74 Å². The van der Waals surface area contributed by atoms with Crippen molar-refractivity contribution in [1.82, 2.24) is 19.6 Å². The number of hydrogen-bond acceptors (Lipinski definition) is 4. The van der Waals surface area contributed by atoms with E-state index in [0.29, 0.717) is 22.4 Å². The minimum absolute atomic E-state index is 0.120. The predicted molar refractivity (Wildman–Crippen MR) is 133 cm³/mol. The smallest absolute Gasteiger partial charge is 0.228 e. The molecule has 0 unspecified atom stereocenters. The van der Waals surface area contributed by atoms with Crippen LogP contribution >= 0.6 is 11.6 Å². The molecule has 0 radical (unpaired) electrons. The first-order valence-electron chi connectivity index (χ1n) is 11.0. The second-order valence-corrected chi connectivity index (χ2v) is 8.70. The Kier molecular flexibility index (Phi) is 4.19. The quantitative estimate of drug-likeness (QED) is 0.282. The highest BCUT2D eigenvalue weighted by Crippen LogP contribution is 2.50. The Morgan fingerprint density at radius 2 is 1.59 bits per heavy atom. The van der Waals surface area contributed by atoms with Crippen LogP contribution in [0.2, 0.25) is 5.02 Å². The van der Waals surface area contributed by atoms with Gasteiger partial charge in [0, 0.05) is 17.0 Å². The van der Waals surface area contributed by atoms with E-state index in [1.807, 2.05) is 36.4 Å². The molecule has 2 aromatic heterocycles. The third-order valence-electron chi connectivity index (χ3n) is 6.35. The van der Waals surface area contributed by atoms with E-state index in [-0.39, 0.29) is 5.92 Å². The van der Waals surface area contributed by atoms with Gasteiger partial charge in [-0.3, -0.25) is 0 Å². The SMILES string of the molecule is Clc1ccccc1-c1nc2c3c(ncn2n1)Oc1ccc2ccccc2c1[C@H]3c1ccccc1.